The summed E-state index contributed by atoms with van der Waals surface area (Å²) in [6, 6.07) is 16.0. The summed E-state index contributed by atoms with van der Waals surface area (Å²) in [5, 5.41) is 3.63. The highest BCUT2D eigenvalue weighted by molar-refractivity contribution is 7.16. The number of nitrogens with one attached hydrogen (secondary N) is 1. The molecule has 4 heteroatoms. The van der Waals surface area contributed by atoms with Crippen molar-refractivity contribution in [2.75, 3.05) is 5.32 Å². The van der Waals surface area contributed by atoms with Crippen LogP contribution in [0.5, 0.6) is 0 Å². The van der Waals surface area contributed by atoms with Gasteiger partial charge in [0.25, 0.3) is 5.91 Å². The lowest BCUT2D eigenvalue weighted by Gasteiger charge is -2.04. The van der Waals surface area contributed by atoms with E-state index in [4.69, 9.17) is 4.98 Å². The van der Waals surface area contributed by atoms with Gasteiger partial charge in [-0.1, -0.05) is 61.4 Å². The number of hydrogen-bond acceptors (Lipinski definition) is 3. The van der Waals surface area contributed by atoms with E-state index in [9.17, 15) is 4.79 Å². The molecule has 0 aliphatic heterocycles. The fourth-order valence-electron chi connectivity index (χ4n) is 2.73. The van der Waals surface area contributed by atoms with Gasteiger partial charge in [-0.25, -0.2) is 4.98 Å². The average Bonchev–Trinajstić information content (AvgIpc) is 2.98. The van der Waals surface area contributed by atoms with Crippen LogP contribution in [0.4, 0.5) is 5.13 Å². The fraction of sp³-hybridized carbons (Fsp3) is 0.238. The Morgan fingerprint density at radius 2 is 1.80 bits per heavy atom. The second-order valence-electron chi connectivity index (χ2n) is 6.18. The number of nitrogens with zero attached hydrogens (tertiary/aromatic N) is 1. The van der Waals surface area contributed by atoms with Gasteiger partial charge < -0.3 is 0 Å². The van der Waals surface area contributed by atoms with Gasteiger partial charge in [0, 0.05) is 16.0 Å². The Kier molecular flexibility index (Phi) is 5.29. The largest absolute Gasteiger partial charge is 0.298 e. The predicted molar refractivity (Wildman–Crippen MR) is 105 cm³/mol. The SMILES string of the molecule is CCCc1sc(NC(=O)c2ccccc2C)nc1-c1ccc(C)cc1. The van der Waals surface area contributed by atoms with Gasteiger partial charge in [-0.3, -0.25) is 10.1 Å². The van der Waals surface area contributed by atoms with Crippen LogP contribution in [0.1, 0.15) is 39.7 Å². The van der Waals surface area contributed by atoms with Crippen molar-refractivity contribution in [3.63, 3.8) is 0 Å². The molecule has 0 spiro atoms. The Morgan fingerprint density at radius 3 is 2.48 bits per heavy atom. The molecule has 0 radical (unpaired) electrons. The van der Waals surface area contributed by atoms with E-state index < -0.39 is 0 Å². The lowest BCUT2D eigenvalue weighted by Crippen LogP contribution is -2.12. The van der Waals surface area contributed by atoms with Crippen LogP contribution in [-0.2, 0) is 6.42 Å². The number of thiazole rings is 1. The summed E-state index contributed by atoms with van der Waals surface area (Å²) in [5.41, 5.74) is 4.95. The Hall–Kier alpha value is -2.46. The first-order valence-electron chi connectivity index (χ1n) is 8.52. The molecule has 128 valence electrons. The number of amides is 1. The summed E-state index contributed by atoms with van der Waals surface area (Å²) in [7, 11) is 0. The summed E-state index contributed by atoms with van der Waals surface area (Å²) in [4.78, 5) is 18.5. The third-order valence-corrected chi connectivity index (χ3v) is 5.14. The van der Waals surface area contributed by atoms with Gasteiger partial charge >= 0.3 is 0 Å². The maximum Gasteiger partial charge on any atom is 0.257 e. The first kappa shape index (κ1) is 17.4. The van der Waals surface area contributed by atoms with Crippen molar-refractivity contribution in [3.05, 3.63) is 70.1 Å². The van der Waals surface area contributed by atoms with Crippen LogP contribution in [-0.4, -0.2) is 10.9 Å². The van der Waals surface area contributed by atoms with Crippen molar-refractivity contribution in [3.8, 4) is 11.3 Å². The molecule has 0 aliphatic rings. The molecule has 25 heavy (non-hydrogen) atoms. The topological polar surface area (TPSA) is 42.0 Å². The summed E-state index contributed by atoms with van der Waals surface area (Å²) < 4.78 is 0. The van der Waals surface area contributed by atoms with E-state index >= 15 is 0 Å². The van der Waals surface area contributed by atoms with E-state index in [1.54, 1.807) is 11.3 Å². The fourth-order valence-corrected chi connectivity index (χ4v) is 3.81. The van der Waals surface area contributed by atoms with Crippen LogP contribution in [0, 0.1) is 13.8 Å². The monoisotopic (exact) mass is 350 g/mol. The molecule has 2 aromatic carbocycles. The van der Waals surface area contributed by atoms with E-state index in [2.05, 4.69) is 43.4 Å². The number of aromatic nitrogens is 1. The maximum atomic E-state index is 12.6. The summed E-state index contributed by atoms with van der Waals surface area (Å²) >= 11 is 1.57. The lowest BCUT2D eigenvalue weighted by molar-refractivity contribution is 0.102. The summed E-state index contributed by atoms with van der Waals surface area (Å²) in [6.45, 7) is 6.17. The maximum absolute atomic E-state index is 12.6. The molecule has 0 bridgehead atoms. The Morgan fingerprint density at radius 1 is 1.08 bits per heavy atom. The van der Waals surface area contributed by atoms with Crippen molar-refractivity contribution in [2.24, 2.45) is 0 Å². The molecule has 0 unspecified atom stereocenters. The summed E-state index contributed by atoms with van der Waals surface area (Å²) in [6.07, 6.45) is 2.01. The molecule has 3 nitrogen and oxygen atoms in total. The minimum atomic E-state index is -0.106. The highest BCUT2D eigenvalue weighted by Gasteiger charge is 2.16. The Bertz CT molecular complexity index is 881. The minimum Gasteiger partial charge on any atom is -0.298 e. The Labute approximate surface area is 152 Å². The van der Waals surface area contributed by atoms with Crippen LogP contribution >= 0.6 is 11.3 Å². The number of anilines is 1. The number of carbonyl (C=O) groups excluding carboxylic acids is 1. The lowest BCUT2D eigenvalue weighted by atomic mass is 10.1. The van der Waals surface area contributed by atoms with E-state index in [0.717, 1.165) is 29.7 Å². The molecule has 0 fully saturated rings. The van der Waals surface area contributed by atoms with Crippen molar-refractivity contribution in [1.29, 1.82) is 0 Å². The molecule has 3 aromatic rings. The van der Waals surface area contributed by atoms with Crippen LogP contribution in [0.2, 0.25) is 0 Å². The number of aryl methyl sites for hydroxylation is 3. The standard InChI is InChI=1S/C21H22N2OS/c1-4-7-18-19(16-12-10-14(2)11-13-16)22-21(25-18)23-20(24)17-9-6-5-8-15(17)3/h5-6,8-13H,4,7H2,1-3H3,(H,22,23,24). The van der Waals surface area contributed by atoms with Crippen LogP contribution in [0.25, 0.3) is 11.3 Å². The zero-order chi connectivity index (χ0) is 17.8. The number of rotatable bonds is 5. The second kappa shape index (κ2) is 7.62. The molecular weight excluding hydrogens is 328 g/mol. The smallest absolute Gasteiger partial charge is 0.257 e. The van der Waals surface area contributed by atoms with E-state index in [-0.39, 0.29) is 5.91 Å². The second-order valence-corrected chi connectivity index (χ2v) is 7.26. The predicted octanol–water partition coefficient (Wildman–Crippen LogP) is 5.63. The third-order valence-electron chi connectivity index (χ3n) is 4.11. The molecule has 1 amide bonds. The van der Waals surface area contributed by atoms with Crippen molar-refractivity contribution in [1.82, 2.24) is 4.98 Å². The van der Waals surface area contributed by atoms with Crippen molar-refractivity contribution >= 4 is 22.4 Å². The van der Waals surface area contributed by atoms with Gasteiger partial charge in [-0.2, -0.15) is 0 Å². The zero-order valence-electron chi connectivity index (χ0n) is 14.8. The van der Waals surface area contributed by atoms with Crippen LogP contribution in [0.15, 0.2) is 48.5 Å². The number of benzene rings is 2. The molecule has 0 saturated carbocycles. The highest BCUT2D eigenvalue weighted by atomic mass is 32.1. The minimum absolute atomic E-state index is 0.106. The molecule has 0 atom stereocenters. The molecule has 1 N–H and O–H groups in total. The summed E-state index contributed by atoms with van der Waals surface area (Å²) in [5.74, 6) is -0.106. The van der Waals surface area contributed by atoms with Crippen LogP contribution < -0.4 is 5.32 Å². The van der Waals surface area contributed by atoms with Crippen molar-refractivity contribution in [2.45, 2.75) is 33.6 Å². The van der Waals surface area contributed by atoms with Gasteiger partial charge in [0.05, 0.1) is 5.69 Å². The molecule has 0 aliphatic carbocycles. The molecule has 1 heterocycles. The van der Waals surface area contributed by atoms with Gasteiger partial charge in [-0.05, 0) is 31.9 Å². The van der Waals surface area contributed by atoms with E-state index in [1.165, 1.54) is 10.4 Å². The normalized spacial score (nSPS) is 10.7. The van der Waals surface area contributed by atoms with Gasteiger partial charge in [-0.15, -0.1) is 11.3 Å². The first-order chi connectivity index (χ1) is 12.1. The quantitative estimate of drug-likeness (QED) is 0.648. The van der Waals surface area contributed by atoms with Gasteiger partial charge in [0.15, 0.2) is 5.13 Å². The average molecular weight is 350 g/mol. The highest BCUT2D eigenvalue weighted by Crippen LogP contribution is 2.32. The molecule has 3 rings (SSSR count). The third kappa shape index (κ3) is 3.97. The number of carbonyl (C=O) groups is 1. The molecular formula is C21H22N2OS. The zero-order valence-corrected chi connectivity index (χ0v) is 15.6. The van der Waals surface area contributed by atoms with Gasteiger partial charge in [0.2, 0.25) is 0 Å². The van der Waals surface area contributed by atoms with Crippen molar-refractivity contribution < 1.29 is 4.79 Å². The number of hydrogen-bond donors (Lipinski definition) is 1. The molecule has 1 aromatic heterocycles. The van der Waals surface area contributed by atoms with Crippen LogP contribution in [0.3, 0.4) is 0 Å². The van der Waals surface area contributed by atoms with Gasteiger partial charge in [0.1, 0.15) is 0 Å². The Balaban J connectivity index is 1.90. The van der Waals surface area contributed by atoms with E-state index in [0.29, 0.717) is 10.7 Å². The molecule has 0 saturated heterocycles. The first-order valence-corrected chi connectivity index (χ1v) is 9.34. The van der Waals surface area contributed by atoms with E-state index in [1.807, 2.05) is 31.2 Å².